The fourth-order valence-electron chi connectivity index (χ4n) is 2.42. The molecule has 2 rings (SSSR count). The van der Waals surface area contributed by atoms with Crippen molar-refractivity contribution in [3.63, 3.8) is 0 Å². The Morgan fingerprint density at radius 3 is 2.32 bits per heavy atom. The molecule has 0 bridgehead atoms. The van der Waals surface area contributed by atoms with Crippen LogP contribution < -0.4 is 0 Å². The maximum absolute atomic E-state index is 11.2. The largest absolute Gasteiger partial charge is 0.481 e. The molecule has 22 heavy (non-hydrogen) atoms. The molecule has 2 aromatic carbocycles. The standard InChI is InChI=1S/C17H13Cl2NO2/c18-13-6-4-11(5-7-13)15(9-17(21)22)16(10-20)12-2-1-3-14(19)8-12/h1-8,15-16H,9H2,(H,21,22). The Hall–Kier alpha value is -2.02. The summed E-state index contributed by atoms with van der Waals surface area (Å²) in [4.78, 5) is 11.2. The number of carbonyl (C=O) groups is 1. The van der Waals surface area contributed by atoms with Gasteiger partial charge in [-0.1, -0.05) is 47.5 Å². The minimum absolute atomic E-state index is 0.146. The second-order valence-corrected chi connectivity index (χ2v) is 5.79. The summed E-state index contributed by atoms with van der Waals surface area (Å²) in [6, 6.07) is 16.0. The van der Waals surface area contributed by atoms with Crippen LogP contribution in [0.25, 0.3) is 0 Å². The number of hydrogen-bond acceptors (Lipinski definition) is 2. The molecule has 0 saturated carbocycles. The van der Waals surface area contributed by atoms with E-state index < -0.39 is 17.8 Å². The molecule has 0 aliphatic rings. The molecule has 3 nitrogen and oxygen atoms in total. The van der Waals surface area contributed by atoms with Crippen molar-refractivity contribution in [1.82, 2.24) is 0 Å². The van der Waals surface area contributed by atoms with Gasteiger partial charge in [0.05, 0.1) is 18.4 Å². The van der Waals surface area contributed by atoms with Crippen LogP contribution in [0.5, 0.6) is 0 Å². The summed E-state index contributed by atoms with van der Waals surface area (Å²) in [5, 5.41) is 19.8. The number of nitriles is 1. The summed E-state index contributed by atoms with van der Waals surface area (Å²) < 4.78 is 0. The third-order valence-corrected chi connectivity index (χ3v) is 3.93. The molecule has 112 valence electrons. The van der Waals surface area contributed by atoms with Crippen LogP contribution in [-0.4, -0.2) is 11.1 Å². The van der Waals surface area contributed by atoms with Gasteiger partial charge < -0.3 is 5.11 Å². The third kappa shape index (κ3) is 4.00. The lowest BCUT2D eigenvalue weighted by Crippen LogP contribution is -2.14. The number of rotatable bonds is 5. The van der Waals surface area contributed by atoms with Gasteiger partial charge in [0.1, 0.15) is 0 Å². The van der Waals surface area contributed by atoms with Crippen LogP contribution in [-0.2, 0) is 4.79 Å². The number of halogens is 2. The van der Waals surface area contributed by atoms with Gasteiger partial charge in [-0.15, -0.1) is 0 Å². The van der Waals surface area contributed by atoms with Crippen molar-refractivity contribution in [1.29, 1.82) is 5.26 Å². The monoisotopic (exact) mass is 333 g/mol. The molecule has 2 unspecified atom stereocenters. The summed E-state index contributed by atoms with van der Waals surface area (Å²) in [6.07, 6.45) is -0.146. The minimum atomic E-state index is -0.956. The molecule has 2 aromatic rings. The summed E-state index contributed by atoms with van der Waals surface area (Å²) in [5.74, 6) is -2.03. The molecule has 0 saturated heterocycles. The van der Waals surface area contributed by atoms with E-state index in [1.165, 1.54) is 0 Å². The predicted molar refractivity (Wildman–Crippen MR) is 86.3 cm³/mol. The Balaban J connectivity index is 2.44. The second kappa shape index (κ2) is 7.31. The first-order valence-corrected chi connectivity index (χ1v) is 7.39. The van der Waals surface area contributed by atoms with Crippen LogP contribution in [0.3, 0.4) is 0 Å². The Morgan fingerprint density at radius 2 is 1.77 bits per heavy atom. The third-order valence-electron chi connectivity index (χ3n) is 3.44. The van der Waals surface area contributed by atoms with Gasteiger partial charge in [0, 0.05) is 16.0 Å². The van der Waals surface area contributed by atoms with E-state index in [4.69, 9.17) is 23.2 Å². The molecule has 2 atom stereocenters. The smallest absolute Gasteiger partial charge is 0.304 e. The highest BCUT2D eigenvalue weighted by Gasteiger charge is 2.27. The number of nitrogens with zero attached hydrogens (tertiary/aromatic N) is 1. The number of carboxylic acids is 1. The SMILES string of the molecule is N#CC(c1cccc(Cl)c1)C(CC(=O)O)c1ccc(Cl)cc1. The zero-order valence-corrected chi connectivity index (χ0v) is 13.1. The van der Waals surface area contributed by atoms with Crippen LogP contribution in [0.2, 0.25) is 10.0 Å². The highest BCUT2D eigenvalue weighted by molar-refractivity contribution is 6.30. The van der Waals surface area contributed by atoms with E-state index in [2.05, 4.69) is 6.07 Å². The maximum Gasteiger partial charge on any atom is 0.304 e. The van der Waals surface area contributed by atoms with E-state index in [9.17, 15) is 15.2 Å². The molecular weight excluding hydrogens is 321 g/mol. The maximum atomic E-state index is 11.2. The molecular formula is C17H13Cl2NO2. The molecule has 0 fully saturated rings. The topological polar surface area (TPSA) is 61.1 Å². The first kappa shape index (κ1) is 16.4. The van der Waals surface area contributed by atoms with Crippen molar-refractivity contribution < 1.29 is 9.90 Å². The normalized spacial score (nSPS) is 13.1. The van der Waals surface area contributed by atoms with Gasteiger partial charge in [0.15, 0.2) is 0 Å². The van der Waals surface area contributed by atoms with Gasteiger partial charge >= 0.3 is 5.97 Å². The van der Waals surface area contributed by atoms with Crippen LogP contribution in [0, 0.1) is 11.3 Å². The van der Waals surface area contributed by atoms with Crippen molar-refractivity contribution in [2.45, 2.75) is 18.3 Å². The van der Waals surface area contributed by atoms with E-state index in [1.54, 1.807) is 48.5 Å². The van der Waals surface area contributed by atoms with Crippen LogP contribution in [0.1, 0.15) is 29.4 Å². The zero-order valence-electron chi connectivity index (χ0n) is 11.5. The summed E-state index contributed by atoms with van der Waals surface area (Å²) in [6.45, 7) is 0. The van der Waals surface area contributed by atoms with Gasteiger partial charge in [-0.2, -0.15) is 5.26 Å². The Labute approximate surface area is 138 Å². The van der Waals surface area contributed by atoms with Gasteiger partial charge in [-0.05, 0) is 35.4 Å². The molecule has 0 aliphatic heterocycles. The molecule has 0 heterocycles. The lowest BCUT2D eigenvalue weighted by Gasteiger charge is -2.21. The van der Waals surface area contributed by atoms with Gasteiger partial charge in [0.25, 0.3) is 0 Å². The Kier molecular flexibility index (Phi) is 5.43. The van der Waals surface area contributed by atoms with Crippen molar-refractivity contribution in [2.24, 2.45) is 0 Å². The van der Waals surface area contributed by atoms with Gasteiger partial charge in [-0.25, -0.2) is 0 Å². The van der Waals surface area contributed by atoms with Crippen LogP contribution in [0.15, 0.2) is 48.5 Å². The van der Waals surface area contributed by atoms with Crippen molar-refractivity contribution in [3.05, 3.63) is 69.7 Å². The average molecular weight is 334 g/mol. The Morgan fingerprint density at radius 1 is 1.09 bits per heavy atom. The Bertz CT molecular complexity index is 707. The highest BCUT2D eigenvalue weighted by Crippen LogP contribution is 2.36. The summed E-state index contributed by atoms with van der Waals surface area (Å²) in [7, 11) is 0. The number of hydrogen-bond donors (Lipinski definition) is 1. The van der Waals surface area contributed by atoms with Crippen molar-refractivity contribution >= 4 is 29.2 Å². The molecule has 0 amide bonds. The molecule has 0 aliphatic carbocycles. The number of benzene rings is 2. The van der Waals surface area contributed by atoms with E-state index in [0.29, 0.717) is 15.6 Å². The van der Waals surface area contributed by atoms with E-state index in [-0.39, 0.29) is 6.42 Å². The highest BCUT2D eigenvalue weighted by atomic mass is 35.5. The van der Waals surface area contributed by atoms with Crippen LogP contribution in [0.4, 0.5) is 0 Å². The minimum Gasteiger partial charge on any atom is -0.481 e. The molecule has 0 spiro atoms. The fourth-order valence-corrected chi connectivity index (χ4v) is 2.75. The van der Waals surface area contributed by atoms with Crippen molar-refractivity contribution in [2.75, 3.05) is 0 Å². The first-order valence-electron chi connectivity index (χ1n) is 6.63. The van der Waals surface area contributed by atoms with E-state index in [1.807, 2.05) is 0 Å². The summed E-state index contributed by atoms with van der Waals surface area (Å²) in [5.41, 5.74) is 1.47. The lowest BCUT2D eigenvalue weighted by atomic mass is 9.80. The van der Waals surface area contributed by atoms with Crippen LogP contribution >= 0.6 is 23.2 Å². The fraction of sp³-hybridized carbons (Fsp3) is 0.176. The molecule has 0 aromatic heterocycles. The summed E-state index contributed by atoms with van der Waals surface area (Å²) >= 11 is 11.9. The quantitative estimate of drug-likeness (QED) is 0.849. The van der Waals surface area contributed by atoms with E-state index >= 15 is 0 Å². The second-order valence-electron chi connectivity index (χ2n) is 4.92. The first-order chi connectivity index (χ1) is 10.5. The number of aliphatic carboxylic acids is 1. The molecule has 5 heteroatoms. The average Bonchev–Trinajstić information content (AvgIpc) is 2.47. The predicted octanol–water partition coefficient (Wildman–Crippen LogP) is 4.86. The van der Waals surface area contributed by atoms with E-state index in [0.717, 1.165) is 5.56 Å². The van der Waals surface area contributed by atoms with Crippen molar-refractivity contribution in [3.8, 4) is 6.07 Å². The van der Waals surface area contributed by atoms with Gasteiger partial charge in [-0.3, -0.25) is 4.79 Å². The lowest BCUT2D eigenvalue weighted by molar-refractivity contribution is -0.137. The number of carboxylic acid groups (broad SMARTS) is 1. The zero-order chi connectivity index (χ0) is 16.1. The molecule has 1 N–H and O–H groups in total. The molecule has 0 radical (unpaired) electrons. The van der Waals surface area contributed by atoms with Gasteiger partial charge in [0.2, 0.25) is 0 Å².